The average Bonchev–Trinajstić information content (AvgIpc) is 3.62. The molecule has 3 unspecified atom stereocenters. The lowest BCUT2D eigenvalue weighted by Crippen LogP contribution is -2.40. The maximum atomic E-state index is 13.0. The topological polar surface area (TPSA) is 76.0 Å². The normalized spacial score (nSPS) is 22.0. The number of para-hydroxylation sites is 1. The highest BCUT2D eigenvalue weighted by Gasteiger charge is 2.48. The Morgan fingerprint density at radius 1 is 1.12 bits per heavy atom. The fourth-order valence-corrected chi connectivity index (χ4v) is 5.48. The van der Waals surface area contributed by atoms with Gasteiger partial charge in [-0.25, -0.2) is 4.98 Å². The van der Waals surface area contributed by atoms with Gasteiger partial charge in [-0.2, -0.15) is 5.10 Å². The highest BCUT2D eigenvalue weighted by molar-refractivity contribution is 5.82. The summed E-state index contributed by atoms with van der Waals surface area (Å²) < 4.78 is 7.97. The first-order valence-corrected chi connectivity index (χ1v) is 11.2. The Morgan fingerprint density at radius 2 is 2.03 bits per heavy atom. The van der Waals surface area contributed by atoms with E-state index in [1.165, 1.54) is 0 Å². The minimum Gasteiger partial charge on any atom is -0.484 e. The van der Waals surface area contributed by atoms with Gasteiger partial charge < -0.3 is 14.2 Å². The van der Waals surface area contributed by atoms with Crippen molar-refractivity contribution in [3.05, 3.63) is 67.3 Å². The number of nitrogens with zero attached hydrogens (tertiary/aromatic N) is 4. The number of fused-ring (bicyclic) bond motifs is 3. The maximum Gasteiger partial charge on any atom is 0.261 e. The van der Waals surface area contributed by atoms with Crippen LogP contribution in [0.2, 0.25) is 0 Å². The zero-order chi connectivity index (χ0) is 21.5. The Labute approximate surface area is 186 Å². The van der Waals surface area contributed by atoms with E-state index in [0.29, 0.717) is 12.0 Å². The second kappa shape index (κ2) is 7.82. The standard InChI is InChI=1S/C25H25N5O2/c31-25(15-32-21-4-2-1-3-5-21)30-20-7-9-23(30)18(10-20)14-29-16-26-22-11-17(6-8-24(22)29)19-12-27-28-13-19/h1-6,8,11-13,16,18,20,23H,7,9-10,14-15H2,(H,27,28). The highest BCUT2D eigenvalue weighted by atomic mass is 16.5. The first kappa shape index (κ1) is 19.1. The summed E-state index contributed by atoms with van der Waals surface area (Å²) in [5.41, 5.74) is 4.27. The molecule has 4 heterocycles. The van der Waals surface area contributed by atoms with Crippen LogP contribution in [-0.4, -0.2) is 49.2 Å². The number of imidazole rings is 1. The summed E-state index contributed by atoms with van der Waals surface area (Å²) in [6, 6.07) is 16.5. The Balaban J connectivity index is 1.15. The molecule has 7 heteroatoms. The van der Waals surface area contributed by atoms with Gasteiger partial charge in [-0.15, -0.1) is 0 Å². The molecule has 0 saturated carbocycles. The summed E-state index contributed by atoms with van der Waals surface area (Å²) in [6.45, 7) is 0.987. The number of rotatable bonds is 6. The van der Waals surface area contributed by atoms with Crippen LogP contribution in [0.25, 0.3) is 22.2 Å². The van der Waals surface area contributed by atoms with Crippen LogP contribution in [0.3, 0.4) is 0 Å². The van der Waals surface area contributed by atoms with E-state index in [4.69, 9.17) is 4.74 Å². The molecule has 2 aromatic heterocycles. The maximum absolute atomic E-state index is 13.0. The Hall–Kier alpha value is -3.61. The van der Waals surface area contributed by atoms with E-state index in [0.717, 1.165) is 53.7 Å². The van der Waals surface area contributed by atoms with E-state index >= 15 is 0 Å². The molecule has 1 N–H and O–H groups in total. The molecule has 162 valence electrons. The fraction of sp³-hybridized carbons (Fsp3) is 0.320. The van der Waals surface area contributed by atoms with Crippen LogP contribution >= 0.6 is 0 Å². The summed E-state index contributed by atoms with van der Waals surface area (Å²) in [7, 11) is 0. The van der Waals surface area contributed by atoms with E-state index in [1.54, 1.807) is 0 Å². The molecule has 2 aromatic carbocycles. The average molecular weight is 428 g/mol. The third-order valence-electron chi connectivity index (χ3n) is 6.94. The van der Waals surface area contributed by atoms with E-state index < -0.39 is 0 Å². The van der Waals surface area contributed by atoms with E-state index in [2.05, 4.69) is 42.8 Å². The number of carbonyl (C=O) groups excluding carboxylic acids is 1. The van der Waals surface area contributed by atoms with Gasteiger partial charge in [0.05, 0.1) is 23.6 Å². The quantitative estimate of drug-likeness (QED) is 0.507. The smallest absolute Gasteiger partial charge is 0.261 e. The number of hydrogen-bond donors (Lipinski definition) is 1. The lowest BCUT2D eigenvalue weighted by molar-refractivity contribution is -0.134. The number of aromatic amines is 1. The molecular weight excluding hydrogens is 402 g/mol. The van der Waals surface area contributed by atoms with Gasteiger partial charge in [0.15, 0.2) is 6.61 Å². The minimum atomic E-state index is 0.101. The number of benzene rings is 2. The number of aromatic nitrogens is 4. The molecule has 4 aromatic rings. The second-order valence-corrected chi connectivity index (χ2v) is 8.78. The van der Waals surface area contributed by atoms with Gasteiger partial charge in [-0.3, -0.25) is 9.89 Å². The highest BCUT2D eigenvalue weighted by Crippen LogP contribution is 2.42. The first-order valence-electron chi connectivity index (χ1n) is 11.2. The molecule has 7 nitrogen and oxygen atoms in total. The molecule has 1 amide bonds. The van der Waals surface area contributed by atoms with Gasteiger partial charge in [-0.05, 0) is 55.0 Å². The molecule has 2 bridgehead atoms. The van der Waals surface area contributed by atoms with Crippen molar-refractivity contribution in [1.82, 2.24) is 24.6 Å². The zero-order valence-corrected chi connectivity index (χ0v) is 17.7. The number of hydrogen-bond acceptors (Lipinski definition) is 4. The van der Waals surface area contributed by atoms with Crippen molar-refractivity contribution >= 4 is 16.9 Å². The molecule has 0 spiro atoms. The number of carbonyl (C=O) groups is 1. The molecule has 3 atom stereocenters. The van der Waals surface area contributed by atoms with Gasteiger partial charge in [0.1, 0.15) is 5.75 Å². The molecule has 32 heavy (non-hydrogen) atoms. The predicted molar refractivity (Wildman–Crippen MR) is 121 cm³/mol. The largest absolute Gasteiger partial charge is 0.484 e. The van der Waals surface area contributed by atoms with Gasteiger partial charge in [0.25, 0.3) is 5.91 Å². The summed E-state index contributed by atoms with van der Waals surface area (Å²) in [5, 5.41) is 6.89. The molecule has 6 rings (SSSR count). The predicted octanol–water partition coefficient (Wildman–Crippen LogP) is 3.88. The van der Waals surface area contributed by atoms with Gasteiger partial charge >= 0.3 is 0 Å². The molecular formula is C25H25N5O2. The summed E-state index contributed by atoms with van der Waals surface area (Å²) in [6.07, 6.45) is 8.86. The van der Waals surface area contributed by atoms with Crippen LogP contribution < -0.4 is 4.74 Å². The number of ether oxygens (including phenoxy) is 1. The Bertz CT molecular complexity index is 1230. The van der Waals surface area contributed by atoms with Crippen molar-refractivity contribution in [2.75, 3.05) is 6.61 Å². The van der Waals surface area contributed by atoms with Crippen LogP contribution in [0.15, 0.2) is 67.3 Å². The SMILES string of the molecule is O=C(COc1ccccc1)N1C2CCC1C(Cn1cnc3cc(-c4cn[nH]c4)ccc31)C2. The van der Waals surface area contributed by atoms with Crippen LogP contribution in [0.1, 0.15) is 19.3 Å². The summed E-state index contributed by atoms with van der Waals surface area (Å²) in [5.74, 6) is 1.29. The van der Waals surface area contributed by atoms with E-state index in [1.807, 2.05) is 49.1 Å². The molecule has 0 radical (unpaired) electrons. The van der Waals surface area contributed by atoms with Crippen molar-refractivity contribution in [2.24, 2.45) is 5.92 Å². The van der Waals surface area contributed by atoms with Crippen molar-refractivity contribution in [3.8, 4) is 16.9 Å². The summed E-state index contributed by atoms with van der Waals surface area (Å²) in [4.78, 5) is 19.7. The lowest BCUT2D eigenvalue weighted by Gasteiger charge is -2.25. The van der Waals surface area contributed by atoms with Crippen molar-refractivity contribution < 1.29 is 9.53 Å². The number of nitrogens with one attached hydrogen (secondary N) is 1. The Morgan fingerprint density at radius 3 is 2.88 bits per heavy atom. The van der Waals surface area contributed by atoms with Gasteiger partial charge in [-0.1, -0.05) is 24.3 Å². The third kappa shape index (κ3) is 3.34. The van der Waals surface area contributed by atoms with Crippen molar-refractivity contribution in [3.63, 3.8) is 0 Å². The van der Waals surface area contributed by atoms with Crippen LogP contribution in [0.5, 0.6) is 5.75 Å². The number of amides is 1. The first-order chi connectivity index (χ1) is 15.8. The van der Waals surface area contributed by atoms with Crippen LogP contribution in [0.4, 0.5) is 0 Å². The van der Waals surface area contributed by atoms with Crippen molar-refractivity contribution in [2.45, 2.75) is 37.9 Å². The van der Waals surface area contributed by atoms with Gasteiger partial charge in [0.2, 0.25) is 0 Å². The number of H-pyrrole nitrogens is 1. The van der Waals surface area contributed by atoms with Gasteiger partial charge in [0, 0.05) is 30.4 Å². The monoisotopic (exact) mass is 427 g/mol. The van der Waals surface area contributed by atoms with Crippen LogP contribution in [-0.2, 0) is 11.3 Å². The molecule has 2 aliphatic heterocycles. The zero-order valence-electron chi connectivity index (χ0n) is 17.7. The van der Waals surface area contributed by atoms with Crippen molar-refractivity contribution in [1.29, 1.82) is 0 Å². The molecule has 2 saturated heterocycles. The third-order valence-corrected chi connectivity index (χ3v) is 6.94. The second-order valence-electron chi connectivity index (χ2n) is 8.78. The minimum absolute atomic E-state index is 0.101. The van der Waals surface area contributed by atoms with E-state index in [-0.39, 0.29) is 18.6 Å². The Kier molecular flexibility index (Phi) is 4.67. The molecule has 0 aliphatic carbocycles. The lowest BCUT2D eigenvalue weighted by atomic mass is 9.89. The van der Waals surface area contributed by atoms with E-state index in [9.17, 15) is 4.79 Å². The van der Waals surface area contributed by atoms with Crippen LogP contribution in [0, 0.1) is 5.92 Å². The fourth-order valence-electron chi connectivity index (χ4n) is 5.48. The molecule has 2 fully saturated rings. The molecule has 2 aliphatic rings. The summed E-state index contributed by atoms with van der Waals surface area (Å²) >= 11 is 0.